The van der Waals surface area contributed by atoms with Gasteiger partial charge in [0.05, 0.1) is 12.2 Å². The quantitative estimate of drug-likeness (QED) is 0.927. The first-order valence-electron chi connectivity index (χ1n) is 7.59. The van der Waals surface area contributed by atoms with Gasteiger partial charge in [0.2, 0.25) is 0 Å². The molecule has 1 amide bonds. The number of amides is 1. The SMILES string of the molecule is O=C1Nc2ccc(F)c3cc(CN4CCCOCC4)cc1c23. The predicted octanol–water partition coefficient (Wildman–Crippen LogP) is 2.77. The van der Waals surface area contributed by atoms with E-state index in [9.17, 15) is 9.18 Å². The van der Waals surface area contributed by atoms with Gasteiger partial charge in [0.15, 0.2) is 0 Å². The molecule has 22 heavy (non-hydrogen) atoms. The summed E-state index contributed by atoms with van der Waals surface area (Å²) >= 11 is 0. The van der Waals surface area contributed by atoms with Crippen LogP contribution in [0.15, 0.2) is 24.3 Å². The Morgan fingerprint density at radius 2 is 2.14 bits per heavy atom. The van der Waals surface area contributed by atoms with Crippen molar-refractivity contribution >= 4 is 22.4 Å². The van der Waals surface area contributed by atoms with E-state index < -0.39 is 0 Å². The molecule has 0 spiro atoms. The van der Waals surface area contributed by atoms with Gasteiger partial charge in [-0.15, -0.1) is 0 Å². The fourth-order valence-corrected chi connectivity index (χ4v) is 3.29. The van der Waals surface area contributed by atoms with Crippen molar-refractivity contribution < 1.29 is 13.9 Å². The number of nitrogens with one attached hydrogen (secondary N) is 1. The molecule has 0 bridgehead atoms. The zero-order valence-electron chi connectivity index (χ0n) is 12.2. The summed E-state index contributed by atoms with van der Waals surface area (Å²) in [6.07, 6.45) is 0.999. The molecule has 1 fully saturated rings. The summed E-state index contributed by atoms with van der Waals surface area (Å²) in [5.74, 6) is -0.427. The molecule has 2 aromatic rings. The fraction of sp³-hybridized carbons (Fsp3) is 0.353. The van der Waals surface area contributed by atoms with E-state index in [1.165, 1.54) is 6.07 Å². The second kappa shape index (κ2) is 5.34. The maximum Gasteiger partial charge on any atom is 0.256 e. The Morgan fingerprint density at radius 3 is 3.05 bits per heavy atom. The van der Waals surface area contributed by atoms with Crippen molar-refractivity contribution in [3.05, 3.63) is 41.2 Å². The average molecular weight is 300 g/mol. The Balaban J connectivity index is 1.74. The van der Waals surface area contributed by atoms with Crippen LogP contribution in [0.2, 0.25) is 0 Å². The summed E-state index contributed by atoms with van der Waals surface area (Å²) in [5, 5.41) is 4.02. The molecular formula is C17H17FN2O2. The first kappa shape index (κ1) is 13.7. The molecule has 114 valence electrons. The molecule has 2 aliphatic heterocycles. The second-order valence-corrected chi connectivity index (χ2v) is 5.86. The van der Waals surface area contributed by atoms with Gasteiger partial charge in [0.1, 0.15) is 5.82 Å². The zero-order valence-corrected chi connectivity index (χ0v) is 12.2. The maximum absolute atomic E-state index is 14.2. The third-order valence-corrected chi connectivity index (χ3v) is 4.33. The Hall–Kier alpha value is -1.98. The highest BCUT2D eigenvalue weighted by molar-refractivity contribution is 6.24. The topological polar surface area (TPSA) is 41.6 Å². The Kier molecular flexibility index (Phi) is 3.32. The lowest BCUT2D eigenvalue weighted by molar-refractivity contribution is 0.103. The molecule has 0 atom stereocenters. The zero-order chi connectivity index (χ0) is 15.1. The van der Waals surface area contributed by atoms with Gasteiger partial charge in [-0.25, -0.2) is 4.39 Å². The van der Waals surface area contributed by atoms with Gasteiger partial charge in [-0.3, -0.25) is 9.69 Å². The van der Waals surface area contributed by atoms with Crippen LogP contribution in [0, 0.1) is 5.82 Å². The van der Waals surface area contributed by atoms with Crippen LogP contribution in [0.3, 0.4) is 0 Å². The van der Waals surface area contributed by atoms with Crippen molar-refractivity contribution in [2.45, 2.75) is 13.0 Å². The summed E-state index contributed by atoms with van der Waals surface area (Å²) < 4.78 is 19.6. The number of halogens is 1. The van der Waals surface area contributed by atoms with E-state index in [2.05, 4.69) is 10.2 Å². The molecule has 4 rings (SSSR count). The van der Waals surface area contributed by atoms with Crippen LogP contribution in [-0.2, 0) is 11.3 Å². The van der Waals surface area contributed by atoms with E-state index in [0.717, 1.165) is 38.3 Å². The minimum atomic E-state index is -0.280. The predicted molar refractivity (Wildman–Crippen MR) is 82.6 cm³/mol. The van der Waals surface area contributed by atoms with Crippen molar-refractivity contribution in [3.63, 3.8) is 0 Å². The number of carbonyl (C=O) groups excluding carboxylic acids is 1. The van der Waals surface area contributed by atoms with Gasteiger partial charge >= 0.3 is 0 Å². The van der Waals surface area contributed by atoms with Crippen LogP contribution in [-0.4, -0.2) is 37.1 Å². The highest BCUT2D eigenvalue weighted by atomic mass is 19.1. The van der Waals surface area contributed by atoms with Crippen molar-refractivity contribution in [2.24, 2.45) is 0 Å². The van der Waals surface area contributed by atoms with Crippen molar-refractivity contribution in [3.8, 4) is 0 Å². The molecule has 0 radical (unpaired) electrons. The van der Waals surface area contributed by atoms with E-state index in [1.807, 2.05) is 12.1 Å². The number of anilines is 1. The number of ether oxygens (including phenoxy) is 1. The van der Waals surface area contributed by atoms with Crippen molar-refractivity contribution in [1.29, 1.82) is 0 Å². The molecule has 0 aliphatic carbocycles. The first-order valence-corrected chi connectivity index (χ1v) is 7.59. The molecule has 1 N–H and O–H groups in total. The van der Waals surface area contributed by atoms with E-state index >= 15 is 0 Å². The third kappa shape index (κ3) is 2.26. The minimum Gasteiger partial charge on any atom is -0.380 e. The molecule has 1 saturated heterocycles. The van der Waals surface area contributed by atoms with Crippen LogP contribution < -0.4 is 5.32 Å². The molecule has 2 aliphatic rings. The standard InChI is InChI=1S/C17H17FN2O2/c18-14-2-3-15-16-12(14)8-11(9-13(16)17(21)19-15)10-20-4-1-6-22-7-5-20/h2-3,8-9H,1,4-7,10H2,(H,19,21). The molecule has 2 aromatic carbocycles. The van der Waals surface area contributed by atoms with Gasteiger partial charge in [0, 0.05) is 42.7 Å². The van der Waals surface area contributed by atoms with E-state index in [-0.39, 0.29) is 11.7 Å². The number of carbonyl (C=O) groups is 1. The molecule has 0 saturated carbocycles. The summed E-state index contributed by atoms with van der Waals surface area (Å²) in [6, 6.07) is 6.79. The highest BCUT2D eigenvalue weighted by Gasteiger charge is 2.24. The molecular weight excluding hydrogens is 283 g/mol. The largest absolute Gasteiger partial charge is 0.380 e. The van der Waals surface area contributed by atoms with Crippen LogP contribution >= 0.6 is 0 Å². The summed E-state index contributed by atoms with van der Waals surface area (Å²) in [5.41, 5.74) is 2.25. The molecule has 0 unspecified atom stereocenters. The number of benzene rings is 2. The van der Waals surface area contributed by atoms with Crippen LogP contribution in [0.4, 0.5) is 10.1 Å². The normalized spacial score (nSPS) is 18.5. The van der Waals surface area contributed by atoms with Gasteiger partial charge < -0.3 is 10.1 Å². The van der Waals surface area contributed by atoms with E-state index in [1.54, 1.807) is 6.07 Å². The van der Waals surface area contributed by atoms with Gasteiger partial charge in [0.25, 0.3) is 5.91 Å². The van der Waals surface area contributed by atoms with Gasteiger partial charge in [-0.1, -0.05) is 0 Å². The molecule has 5 heteroatoms. The molecule has 2 heterocycles. The van der Waals surface area contributed by atoms with Crippen LogP contribution in [0.25, 0.3) is 10.8 Å². The summed E-state index contributed by atoms with van der Waals surface area (Å²) in [4.78, 5) is 14.4. The average Bonchev–Trinajstić information content (AvgIpc) is 2.69. The molecule has 0 aromatic heterocycles. The summed E-state index contributed by atoms with van der Waals surface area (Å²) in [6.45, 7) is 4.05. The smallest absolute Gasteiger partial charge is 0.256 e. The number of hydrogen-bond donors (Lipinski definition) is 1. The minimum absolute atomic E-state index is 0.147. The Morgan fingerprint density at radius 1 is 1.23 bits per heavy atom. The van der Waals surface area contributed by atoms with Gasteiger partial charge in [-0.05, 0) is 36.2 Å². The maximum atomic E-state index is 14.2. The van der Waals surface area contributed by atoms with Crippen LogP contribution in [0.5, 0.6) is 0 Å². The van der Waals surface area contributed by atoms with E-state index in [0.29, 0.717) is 28.6 Å². The first-order chi connectivity index (χ1) is 10.7. The fourth-order valence-electron chi connectivity index (χ4n) is 3.29. The van der Waals surface area contributed by atoms with Crippen molar-refractivity contribution in [1.82, 2.24) is 4.90 Å². The number of hydrogen-bond acceptors (Lipinski definition) is 3. The number of rotatable bonds is 2. The lowest BCUT2D eigenvalue weighted by atomic mass is 10.0. The van der Waals surface area contributed by atoms with Crippen LogP contribution in [0.1, 0.15) is 22.3 Å². The number of nitrogens with zero attached hydrogens (tertiary/aromatic N) is 1. The van der Waals surface area contributed by atoms with Gasteiger partial charge in [-0.2, -0.15) is 0 Å². The second-order valence-electron chi connectivity index (χ2n) is 5.86. The third-order valence-electron chi connectivity index (χ3n) is 4.33. The lowest BCUT2D eigenvalue weighted by Crippen LogP contribution is -2.25. The lowest BCUT2D eigenvalue weighted by Gasteiger charge is -2.19. The summed E-state index contributed by atoms with van der Waals surface area (Å²) in [7, 11) is 0. The molecule has 4 nitrogen and oxygen atoms in total. The highest BCUT2D eigenvalue weighted by Crippen LogP contribution is 2.35. The van der Waals surface area contributed by atoms with E-state index in [4.69, 9.17) is 4.74 Å². The Labute approximate surface area is 127 Å². The Bertz CT molecular complexity index is 752. The monoisotopic (exact) mass is 300 g/mol. The van der Waals surface area contributed by atoms with Crippen molar-refractivity contribution in [2.75, 3.05) is 31.6 Å².